The predicted octanol–water partition coefficient (Wildman–Crippen LogP) is 2.00. The molecule has 146 valence electrons. The lowest BCUT2D eigenvalue weighted by Gasteiger charge is -2.17. The Hall–Kier alpha value is -2.96. The zero-order valence-corrected chi connectivity index (χ0v) is 15.8. The molecule has 7 nitrogen and oxygen atoms in total. The molecule has 7 heteroatoms. The highest BCUT2D eigenvalue weighted by molar-refractivity contribution is 6.09. The first-order chi connectivity index (χ1) is 13.3. The predicted molar refractivity (Wildman–Crippen MR) is 100 cm³/mol. The Labute approximate surface area is 162 Å². The van der Waals surface area contributed by atoms with Crippen molar-refractivity contribution in [1.29, 1.82) is 0 Å². The first-order valence-corrected chi connectivity index (χ1v) is 9.49. The number of hydrogen-bond acceptors (Lipinski definition) is 5. The van der Waals surface area contributed by atoms with E-state index < -0.39 is 11.9 Å². The Kier molecular flexibility index (Phi) is 4.53. The van der Waals surface area contributed by atoms with Crippen LogP contribution in [0.15, 0.2) is 36.4 Å². The molecule has 1 aliphatic heterocycles. The summed E-state index contributed by atoms with van der Waals surface area (Å²) < 4.78 is 5.12. The first kappa shape index (κ1) is 18.4. The number of nitrogens with one attached hydrogen (secondary N) is 1. The van der Waals surface area contributed by atoms with Crippen LogP contribution in [0.3, 0.4) is 0 Å². The van der Waals surface area contributed by atoms with Gasteiger partial charge in [0.05, 0.1) is 23.5 Å². The summed E-state index contributed by atoms with van der Waals surface area (Å²) in [4.78, 5) is 50.5. The third-order valence-electron chi connectivity index (χ3n) is 5.61. The smallest absolute Gasteiger partial charge is 0.338 e. The molecule has 3 amide bonds. The van der Waals surface area contributed by atoms with Gasteiger partial charge in [0.15, 0.2) is 0 Å². The highest BCUT2D eigenvalue weighted by Gasteiger charge is 2.59. The third-order valence-corrected chi connectivity index (χ3v) is 5.61. The van der Waals surface area contributed by atoms with Crippen LogP contribution in [-0.4, -0.2) is 41.2 Å². The number of carbonyl (C=O) groups excluding carboxylic acids is 4. The van der Waals surface area contributed by atoms with Gasteiger partial charge in [-0.15, -0.1) is 0 Å². The number of ether oxygens (including phenoxy) is 1. The van der Waals surface area contributed by atoms with Crippen molar-refractivity contribution in [3.63, 3.8) is 0 Å². The fourth-order valence-corrected chi connectivity index (χ4v) is 4.44. The van der Waals surface area contributed by atoms with Crippen LogP contribution in [0.2, 0.25) is 0 Å². The first-order valence-electron chi connectivity index (χ1n) is 9.49. The molecule has 1 saturated carbocycles. The summed E-state index contributed by atoms with van der Waals surface area (Å²) in [6.07, 6.45) is 4.68. The summed E-state index contributed by atoms with van der Waals surface area (Å²) >= 11 is 0. The number of likely N-dealkylation sites (tertiary alicyclic amines) is 1. The summed E-state index contributed by atoms with van der Waals surface area (Å²) in [6, 6.07) is 6.28. The minimum atomic E-state index is -0.445. The maximum Gasteiger partial charge on any atom is 0.338 e. The molecule has 4 atom stereocenters. The van der Waals surface area contributed by atoms with E-state index in [4.69, 9.17) is 4.74 Å². The van der Waals surface area contributed by atoms with Gasteiger partial charge >= 0.3 is 5.97 Å². The lowest BCUT2D eigenvalue weighted by Crippen LogP contribution is -2.39. The minimum Gasteiger partial charge on any atom is -0.459 e. The van der Waals surface area contributed by atoms with E-state index in [1.807, 2.05) is 12.2 Å². The van der Waals surface area contributed by atoms with E-state index in [1.54, 1.807) is 38.1 Å². The highest BCUT2D eigenvalue weighted by atomic mass is 16.5. The number of rotatable bonds is 5. The van der Waals surface area contributed by atoms with Gasteiger partial charge in [-0.3, -0.25) is 19.3 Å². The molecule has 0 aromatic heterocycles. The van der Waals surface area contributed by atoms with Crippen molar-refractivity contribution in [2.75, 3.05) is 11.9 Å². The number of benzene rings is 1. The van der Waals surface area contributed by atoms with Crippen LogP contribution in [0.1, 0.15) is 30.6 Å². The van der Waals surface area contributed by atoms with E-state index >= 15 is 0 Å². The fraction of sp³-hybridized carbons (Fsp3) is 0.429. The zero-order valence-electron chi connectivity index (χ0n) is 15.8. The molecule has 1 aromatic rings. The molecule has 1 saturated heterocycles. The van der Waals surface area contributed by atoms with Crippen molar-refractivity contribution in [3.05, 3.63) is 42.0 Å². The summed E-state index contributed by atoms with van der Waals surface area (Å²) in [5.41, 5.74) is 0.861. The largest absolute Gasteiger partial charge is 0.459 e. The van der Waals surface area contributed by atoms with Crippen molar-refractivity contribution in [2.45, 2.75) is 26.4 Å². The standard InChI is InChI=1S/C21H22N2O5/c1-11(2)28-21(27)12-5-7-15(8-6-12)22-16(24)10-23-19(25)17-13-3-4-14(9-13)18(17)20(23)26/h3-8,11,13-14,17-18H,9-10H2,1-2H3,(H,22,24)/t13-,14-,17+,18+/m0/s1. The molecule has 2 fully saturated rings. The van der Waals surface area contributed by atoms with Gasteiger partial charge in [0.1, 0.15) is 6.54 Å². The van der Waals surface area contributed by atoms with E-state index in [-0.39, 0.29) is 48.1 Å². The van der Waals surface area contributed by atoms with Gasteiger partial charge in [0.25, 0.3) is 0 Å². The molecule has 0 radical (unpaired) electrons. The number of nitrogens with zero attached hydrogens (tertiary/aromatic N) is 1. The molecule has 28 heavy (non-hydrogen) atoms. The van der Waals surface area contributed by atoms with Crippen LogP contribution in [-0.2, 0) is 19.1 Å². The molecule has 2 aliphatic carbocycles. The van der Waals surface area contributed by atoms with Gasteiger partial charge in [-0.25, -0.2) is 4.79 Å². The third kappa shape index (κ3) is 3.10. The van der Waals surface area contributed by atoms with Gasteiger partial charge in [-0.05, 0) is 56.4 Å². The molecule has 1 N–H and O–H groups in total. The monoisotopic (exact) mass is 382 g/mol. The topological polar surface area (TPSA) is 92.8 Å². The van der Waals surface area contributed by atoms with Crippen molar-refractivity contribution in [3.8, 4) is 0 Å². The Morgan fingerprint density at radius 1 is 1.07 bits per heavy atom. The molecule has 1 aromatic carbocycles. The van der Waals surface area contributed by atoms with Crippen LogP contribution < -0.4 is 5.32 Å². The van der Waals surface area contributed by atoms with Gasteiger partial charge in [0.2, 0.25) is 17.7 Å². The minimum absolute atomic E-state index is 0.123. The number of imide groups is 1. The number of amides is 3. The maximum atomic E-state index is 12.6. The van der Waals surface area contributed by atoms with Crippen LogP contribution in [0.4, 0.5) is 5.69 Å². The number of anilines is 1. The Balaban J connectivity index is 1.37. The molecular weight excluding hydrogens is 360 g/mol. The number of allylic oxidation sites excluding steroid dienone is 2. The number of esters is 1. The lowest BCUT2D eigenvalue weighted by molar-refractivity contribution is -0.143. The van der Waals surface area contributed by atoms with Gasteiger partial charge in [0, 0.05) is 5.69 Å². The van der Waals surface area contributed by atoms with Gasteiger partial charge < -0.3 is 10.1 Å². The second-order valence-electron chi connectivity index (χ2n) is 7.84. The van der Waals surface area contributed by atoms with E-state index in [0.29, 0.717) is 11.3 Å². The van der Waals surface area contributed by atoms with Crippen LogP contribution in [0.5, 0.6) is 0 Å². The summed E-state index contributed by atoms with van der Waals surface area (Å²) in [7, 11) is 0. The lowest BCUT2D eigenvalue weighted by atomic mass is 9.85. The highest BCUT2D eigenvalue weighted by Crippen LogP contribution is 2.52. The Morgan fingerprint density at radius 3 is 2.18 bits per heavy atom. The van der Waals surface area contributed by atoms with Crippen molar-refractivity contribution < 1.29 is 23.9 Å². The summed E-state index contributed by atoms with van der Waals surface area (Å²) in [5, 5.41) is 2.67. The quantitative estimate of drug-likeness (QED) is 0.478. The summed E-state index contributed by atoms with van der Waals surface area (Å²) in [6.45, 7) is 3.24. The average molecular weight is 382 g/mol. The Morgan fingerprint density at radius 2 is 1.64 bits per heavy atom. The Bertz CT molecular complexity index is 843. The fourth-order valence-electron chi connectivity index (χ4n) is 4.44. The normalized spacial score (nSPS) is 27.5. The van der Waals surface area contributed by atoms with E-state index in [0.717, 1.165) is 11.3 Å². The molecule has 1 heterocycles. The van der Waals surface area contributed by atoms with E-state index in [2.05, 4.69) is 5.32 Å². The average Bonchev–Trinajstić information content (AvgIpc) is 3.32. The van der Waals surface area contributed by atoms with Crippen molar-refractivity contribution >= 4 is 29.4 Å². The van der Waals surface area contributed by atoms with E-state index in [1.165, 1.54) is 0 Å². The molecular formula is C21H22N2O5. The molecule has 2 bridgehead atoms. The molecule has 0 unspecified atom stereocenters. The molecule has 0 spiro atoms. The van der Waals surface area contributed by atoms with Crippen LogP contribution in [0.25, 0.3) is 0 Å². The van der Waals surface area contributed by atoms with Crippen molar-refractivity contribution in [1.82, 2.24) is 4.90 Å². The zero-order chi connectivity index (χ0) is 20.0. The van der Waals surface area contributed by atoms with Gasteiger partial charge in [-0.1, -0.05) is 12.2 Å². The maximum absolute atomic E-state index is 12.6. The van der Waals surface area contributed by atoms with Crippen LogP contribution >= 0.6 is 0 Å². The number of hydrogen-bond donors (Lipinski definition) is 1. The van der Waals surface area contributed by atoms with Crippen LogP contribution in [0, 0.1) is 23.7 Å². The molecule has 4 rings (SSSR count). The molecule has 3 aliphatic rings. The second kappa shape index (κ2) is 6.89. The second-order valence-corrected chi connectivity index (χ2v) is 7.84. The van der Waals surface area contributed by atoms with Gasteiger partial charge in [-0.2, -0.15) is 0 Å². The number of fused-ring (bicyclic) bond motifs is 5. The van der Waals surface area contributed by atoms with E-state index in [9.17, 15) is 19.2 Å². The van der Waals surface area contributed by atoms with Crippen molar-refractivity contribution in [2.24, 2.45) is 23.7 Å². The summed E-state index contributed by atoms with van der Waals surface area (Å²) in [5.74, 6) is -1.73. The number of carbonyl (C=O) groups is 4. The SMILES string of the molecule is CC(C)OC(=O)c1ccc(NC(=O)CN2C(=O)[C@H]3[C@H](C2=O)[C@H]2C=C[C@H]3C2)cc1.